The summed E-state index contributed by atoms with van der Waals surface area (Å²) in [5.41, 5.74) is 2.07. The van der Waals surface area contributed by atoms with E-state index in [0.717, 1.165) is 28.9 Å². The Morgan fingerprint density at radius 2 is 1.95 bits per heavy atom. The SMILES string of the molecule is CCNCc1ccc(OCc2cc(Cl)ccc2Cl)c(Br)c1. The highest BCUT2D eigenvalue weighted by atomic mass is 79.9. The third-order valence-corrected chi connectivity index (χ3v) is 4.19. The third kappa shape index (κ3) is 4.89. The van der Waals surface area contributed by atoms with Crippen LogP contribution in [0.15, 0.2) is 40.9 Å². The molecule has 0 bridgehead atoms. The zero-order valence-electron chi connectivity index (χ0n) is 11.6. The maximum absolute atomic E-state index is 6.13. The molecule has 0 spiro atoms. The van der Waals surface area contributed by atoms with E-state index < -0.39 is 0 Å². The first-order chi connectivity index (χ1) is 10.1. The van der Waals surface area contributed by atoms with Gasteiger partial charge >= 0.3 is 0 Å². The van der Waals surface area contributed by atoms with Gasteiger partial charge in [-0.05, 0) is 58.4 Å². The minimum atomic E-state index is 0.380. The monoisotopic (exact) mass is 387 g/mol. The van der Waals surface area contributed by atoms with Crippen LogP contribution < -0.4 is 10.1 Å². The van der Waals surface area contributed by atoms with Crippen molar-refractivity contribution in [1.82, 2.24) is 5.32 Å². The molecule has 0 unspecified atom stereocenters. The molecule has 2 rings (SSSR count). The zero-order chi connectivity index (χ0) is 15.2. The highest BCUT2D eigenvalue weighted by molar-refractivity contribution is 9.10. The first kappa shape index (κ1) is 16.6. The average molecular weight is 389 g/mol. The van der Waals surface area contributed by atoms with Gasteiger partial charge in [-0.15, -0.1) is 0 Å². The van der Waals surface area contributed by atoms with Gasteiger partial charge in [0.25, 0.3) is 0 Å². The average Bonchev–Trinajstić information content (AvgIpc) is 2.47. The Morgan fingerprint density at radius 1 is 1.14 bits per heavy atom. The summed E-state index contributed by atoms with van der Waals surface area (Å²) in [5.74, 6) is 0.784. The van der Waals surface area contributed by atoms with Crippen LogP contribution in [-0.4, -0.2) is 6.54 Å². The number of hydrogen-bond donors (Lipinski definition) is 1. The second kappa shape index (κ2) is 8.04. The molecule has 0 heterocycles. The molecule has 0 fully saturated rings. The Labute approximate surface area is 143 Å². The standard InChI is InChI=1S/C16H16BrCl2NO/c1-2-20-9-11-3-6-16(14(17)7-11)21-10-12-8-13(18)4-5-15(12)19/h3-8,20H,2,9-10H2,1H3. The van der Waals surface area contributed by atoms with E-state index in [9.17, 15) is 0 Å². The highest BCUT2D eigenvalue weighted by Crippen LogP contribution is 2.28. The van der Waals surface area contributed by atoms with Crippen LogP contribution in [0.2, 0.25) is 10.0 Å². The number of nitrogens with one attached hydrogen (secondary N) is 1. The molecule has 2 aromatic carbocycles. The van der Waals surface area contributed by atoms with E-state index in [4.69, 9.17) is 27.9 Å². The van der Waals surface area contributed by atoms with Crippen LogP contribution in [0.5, 0.6) is 5.75 Å². The van der Waals surface area contributed by atoms with Gasteiger partial charge < -0.3 is 10.1 Å². The minimum Gasteiger partial charge on any atom is -0.488 e. The molecule has 2 nitrogen and oxygen atoms in total. The normalized spacial score (nSPS) is 10.7. The van der Waals surface area contributed by atoms with E-state index in [1.807, 2.05) is 18.2 Å². The fraction of sp³-hybridized carbons (Fsp3) is 0.250. The van der Waals surface area contributed by atoms with E-state index in [2.05, 4.69) is 34.2 Å². The van der Waals surface area contributed by atoms with Crippen LogP contribution in [0.4, 0.5) is 0 Å². The second-order valence-electron chi connectivity index (χ2n) is 4.57. The first-order valence-electron chi connectivity index (χ1n) is 6.66. The Bertz CT molecular complexity index is 619. The molecule has 0 aliphatic rings. The summed E-state index contributed by atoms with van der Waals surface area (Å²) < 4.78 is 6.73. The van der Waals surface area contributed by atoms with Crippen molar-refractivity contribution >= 4 is 39.1 Å². The van der Waals surface area contributed by atoms with Crippen LogP contribution in [-0.2, 0) is 13.2 Å². The van der Waals surface area contributed by atoms with E-state index in [1.165, 1.54) is 5.56 Å². The molecule has 0 saturated heterocycles. The summed E-state index contributed by atoms with van der Waals surface area (Å²) in [6.45, 7) is 4.25. The molecular weight excluding hydrogens is 373 g/mol. The van der Waals surface area contributed by atoms with Crippen molar-refractivity contribution in [3.05, 3.63) is 62.0 Å². The Balaban J connectivity index is 2.04. The van der Waals surface area contributed by atoms with Gasteiger partial charge in [-0.2, -0.15) is 0 Å². The number of benzene rings is 2. The fourth-order valence-corrected chi connectivity index (χ4v) is 2.76. The van der Waals surface area contributed by atoms with Gasteiger partial charge in [0.15, 0.2) is 0 Å². The van der Waals surface area contributed by atoms with Crippen molar-refractivity contribution in [2.24, 2.45) is 0 Å². The van der Waals surface area contributed by atoms with Crippen molar-refractivity contribution in [3.8, 4) is 5.75 Å². The summed E-state index contributed by atoms with van der Waals surface area (Å²) in [4.78, 5) is 0. The van der Waals surface area contributed by atoms with E-state index in [-0.39, 0.29) is 0 Å². The molecule has 0 aliphatic heterocycles. The summed E-state index contributed by atoms with van der Waals surface area (Å²) in [6.07, 6.45) is 0. The Morgan fingerprint density at radius 3 is 2.67 bits per heavy atom. The molecule has 21 heavy (non-hydrogen) atoms. The maximum Gasteiger partial charge on any atom is 0.134 e. The maximum atomic E-state index is 6.13. The lowest BCUT2D eigenvalue weighted by molar-refractivity contribution is 0.304. The van der Waals surface area contributed by atoms with Crippen LogP contribution in [0, 0.1) is 0 Å². The first-order valence-corrected chi connectivity index (χ1v) is 8.21. The summed E-state index contributed by atoms with van der Waals surface area (Å²) in [6, 6.07) is 11.4. The summed E-state index contributed by atoms with van der Waals surface area (Å²) in [5, 5.41) is 4.59. The smallest absolute Gasteiger partial charge is 0.134 e. The fourth-order valence-electron chi connectivity index (χ4n) is 1.85. The predicted molar refractivity (Wildman–Crippen MR) is 92.3 cm³/mol. The van der Waals surface area contributed by atoms with Crippen LogP contribution in [0.3, 0.4) is 0 Å². The van der Waals surface area contributed by atoms with Crippen molar-refractivity contribution < 1.29 is 4.74 Å². The van der Waals surface area contributed by atoms with Crippen LogP contribution in [0.25, 0.3) is 0 Å². The van der Waals surface area contributed by atoms with E-state index in [1.54, 1.807) is 12.1 Å². The molecule has 2 aromatic rings. The number of ether oxygens (including phenoxy) is 1. The third-order valence-electron chi connectivity index (χ3n) is 2.97. The Hall–Kier alpha value is -0.740. The molecule has 0 aliphatic carbocycles. The van der Waals surface area contributed by atoms with Crippen LogP contribution >= 0.6 is 39.1 Å². The molecule has 5 heteroatoms. The zero-order valence-corrected chi connectivity index (χ0v) is 14.7. The van der Waals surface area contributed by atoms with E-state index in [0.29, 0.717) is 16.7 Å². The van der Waals surface area contributed by atoms with Gasteiger partial charge in [-0.3, -0.25) is 0 Å². The van der Waals surface area contributed by atoms with Gasteiger partial charge in [-0.1, -0.05) is 36.2 Å². The van der Waals surface area contributed by atoms with Crippen molar-refractivity contribution in [3.63, 3.8) is 0 Å². The predicted octanol–water partition coefficient (Wildman–Crippen LogP) is 5.44. The summed E-state index contributed by atoms with van der Waals surface area (Å²) >= 11 is 15.6. The quantitative estimate of drug-likeness (QED) is 0.710. The van der Waals surface area contributed by atoms with E-state index >= 15 is 0 Å². The lowest BCUT2D eigenvalue weighted by atomic mass is 10.2. The number of hydrogen-bond acceptors (Lipinski definition) is 2. The van der Waals surface area contributed by atoms with Gasteiger partial charge in [-0.25, -0.2) is 0 Å². The molecule has 0 amide bonds. The molecule has 0 atom stereocenters. The van der Waals surface area contributed by atoms with Crippen molar-refractivity contribution in [2.75, 3.05) is 6.54 Å². The van der Waals surface area contributed by atoms with Gasteiger partial charge in [0, 0.05) is 22.2 Å². The summed E-state index contributed by atoms with van der Waals surface area (Å²) in [7, 11) is 0. The topological polar surface area (TPSA) is 21.3 Å². The molecular formula is C16H16BrCl2NO. The molecule has 0 saturated carbocycles. The van der Waals surface area contributed by atoms with Gasteiger partial charge in [0.05, 0.1) is 4.47 Å². The van der Waals surface area contributed by atoms with Crippen molar-refractivity contribution in [1.29, 1.82) is 0 Å². The largest absolute Gasteiger partial charge is 0.488 e. The number of rotatable bonds is 6. The lowest BCUT2D eigenvalue weighted by Gasteiger charge is -2.11. The minimum absolute atomic E-state index is 0.380. The van der Waals surface area contributed by atoms with Crippen LogP contribution in [0.1, 0.15) is 18.1 Å². The highest BCUT2D eigenvalue weighted by Gasteiger charge is 2.06. The number of halogens is 3. The molecule has 0 radical (unpaired) electrons. The Kier molecular flexibility index (Phi) is 6.37. The second-order valence-corrected chi connectivity index (χ2v) is 6.27. The van der Waals surface area contributed by atoms with Gasteiger partial charge in [0.1, 0.15) is 12.4 Å². The molecule has 1 N–H and O–H groups in total. The molecule has 112 valence electrons. The molecule has 0 aromatic heterocycles. The lowest BCUT2D eigenvalue weighted by Crippen LogP contribution is -2.11. The van der Waals surface area contributed by atoms with Crippen molar-refractivity contribution in [2.45, 2.75) is 20.1 Å². The van der Waals surface area contributed by atoms with Gasteiger partial charge in [0.2, 0.25) is 0 Å².